The largest absolute Gasteiger partial charge is 0.432 e. The van der Waals surface area contributed by atoms with Crippen LogP contribution in [-0.2, 0) is 52.2 Å². The van der Waals surface area contributed by atoms with Crippen LogP contribution in [-0.4, -0.2) is 262 Å². The summed E-state index contributed by atoms with van der Waals surface area (Å²) in [6.07, 6.45) is -31.7. The van der Waals surface area contributed by atoms with Crippen LogP contribution in [0.1, 0.15) is 120 Å². The summed E-state index contributed by atoms with van der Waals surface area (Å²) in [6, 6.07) is 0. The van der Waals surface area contributed by atoms with Crippen LogP contribution < -0.4 is 0 Å². The van der Waals surface area contributed by atoms with Gasteiger partial charge in [-0.05, 0) is 118 Å². The third-order valence-corrected chi connectivity index (χ3v) is 23.5. The first-order chi connectivity index (χ1) is 39.7. The van der Waals surface area contributed by atoms with Crippen molar-refractivity contribution in [3.8, 4) is 0 Å². The Morgan fingerprint density at radius 1 is 0.541 bits per heavy atom. The molecule has 34 atom stereocenters. The molecule has 26 heteroatoms. The van der Waals surface area contributed by atoms with Crippen LogP contribution in [0.15, 0.2) is 11.6 Å². The Morgan fingerprint density at radius 2 is 1.07 bits per heavy atom. The predicted octanol–water partition coefficient (Wildman–Crippen LogP) is -2.55. The summed E-state index contributed by atoms with van der Waals surface area (Å²) in [7, 11) is 0. The van der Waals surface area contributed by atoms with E-state index in [4.69, 9.17) is 47.4 Å². The zero-order valence-electron chi connectivity index (χ0n) is 50.0. The lowest BCUT2D eigenvalue weighted by molar-refractivity contribution is -0.388. The van der Waals surface area contributed by atoms with Gasteiger partial charge in [0.25, 0.3) is 0 Å². The minimum atomic E-state index is -1.86. The van der Waals surface area contributed by atoms with Crippen molar-refractivity contribution in [3.05, 3.63) is 11.6 Å². The van der Waals surface area contributed by atoms with Crippen LogP contribution >= 0.6 is 0 Å². The molecule has 5 saturated heterocycles. The number of carbonyl (C=O) groups is 1. The summed E-state index contributed by atoms with van der Waals surface area (Å²) >= 11 is 0. The molecule has 10 aliphatic rings. The van der Waals surface area contributed by atoms with Gasteiger partial charge < -0.3 is 124 Å². The van der Waals surface area contributed by atoms with Crippen molar-refractivity contribution in [1.82, 2.24) is 0 Å². The first-order valence-corrected chi connectivity index (χ1v) is 30.6. The van der Waals surface area contributed by atoms with Crippen molar-refractivity contribution in [2.45, 2.75) is 279 Å². The molecule has 0 spiro atoms. The Morgan fingerprint density at radius 3 is 1.66 bits per heavy atom. The lowest BCUT2D eigenvalue weighted by Gasteiger charge is -2.72. The van der Waals surface area contributed by atoms with Crippen molar-refractivity contribution >= 4 is 5.97 Å². The van der Waals surface area contributed by atoms with Crippen LogP contribution in [0.2, 0.25) is 0 Å². The van der Waals surface area contributed by atoms with Crippen molar-refractivity contribution in [2.75, 3.05) is 19.8 Å². The van der Waals surface area contributed by atoms with Gasteiger partial charge in [0, 0.05) is 5.92 Å². The summed E-state index contributed by atoms with van der Waals surface area (Å²) in [5.41, 5.74) is -3.68. The summed E-state index contributed by atoms with van der Waals surface area (Å²) < 4.78 is 61.3. The minimum absolute atomic E-state index is 0.0282. The van der Waals surface area contributed by atoms with Gasteiger partial charge in [-0.3, -0.25) is 4.79 Å². The van der Waals surface area contributed by atoms with Crippen LogP contribution in [0, 0.1) is 50.7 Å². The SMILES string of the molecule is C[C@@H]1O[C@@H](O[C@H]2[C@H](OC(=O)[C@]34CC[C@@H](C)[C@@](C)(O)[C@H]3C3=CC[C@@H]5[C@@]6(C)CC[C@H](O[C@@H]7OC[C@H](O)[C@H](O[C@@H]8O[C@H](CO)[C@@H](O)[C@H](O)[C@H]8O)[C@H]7O[C@@H]7O[C@@H](C)[C@H](O)[C@@H](O)[C@H]7O)C(C)(C)[C@@H]6CC[C@@]5(C)[C@]3(C)CC4)O[C@H](CO)[C@@H](O)[C@@H]2O)[C@H](O)[C@H](O)[C@H]1O. The monoisotopic (exact) mass is 1220 g/mol. The van der Waals surface area contributed by atoms with Gasteiger partial charge >= 0.3 is 5.97 Å². The average Bonchev–Trinajstić information content (AvgIpc) is 0.682. The van der Waals surface area contributed by atoms with Gasteiger partial charge in [-0.1, -0.05) is 53.2 Å². The molecule has 488 valence electrons. The molecule has 0 unspecified atom stereocenters. The van der Waals surface area contributed by atoms with Gasteiger partial charge in [-0.15, -0.1) is 0 Å². The van der Waals surface area contributed by atoms with E-state index in [9.17, 15) is 76.6 Å². The highest BCUT2D eigenvalue weighted by Crippen LogP contribution is 2.76. The van der Waals surface area contributed by atoms with E-state index in [1.54, 1.807) is 6.92 Å². The maximum absolute atomic E-state index is 15.4. The fourth-order valence-electron chi connectivity index (χ4n) is 17.8. The maximum atomic E-state index is 15.4. The first kappa shape index (κ1) is 66.2. The van der Waals surface area contributed by atoms with Crippen molar-refractivity contribution in [1.29, 1.82) is 0 Å². The van der Waals surface area contributed by atoms with Crippen molar-refractivity contribution in [3.63, 3.8) is 0 Å². The molecule has 10 rings (SSSR count). The van der Waals surface area contributed by atoms with Gasteiger partial charge in [-0.25, -0.2) is 0 Å². The molecule has 0 bridgehead atoms. The molecule has 5 heterocycles. The number of aliphatic hydroxyl groups is 15. The lowest BCUT2D eigenvalue weighted by Crippen LogP contribution is -2.69. The van der Waals surface area contributed by atoms with E-state index in [0.717, 1.165) is 18.4 Å². The molecule has 4 saturated carbocycles. The zero-order valence-corrected chi connectivity index (χ0v) is 50.0. The molecule has 15 N–H and O–H groups in total. The highest BCUT2D eigenvalue weighted by atomic mass is 16.8. The number of allylic oxidation sites excluding steroid dienone is 1. The molecule has 9 fully saturated rings. The van der Waals surface area contributed by atoms with E-state index in [2.05, 4.69) is 40.7 Å². The van der Waals surface area contributed by atoms with E-state index in [1.165, 1.54) is 13.8 Å². The molecule has 0 aromatic carbocycles. The van der Waals surface area contributed by atoms with Gasteiger partial charge in [0.15, 0.2) is 31.3 Å². The molecular weight excluding hydrogens is 1120 g/mol. The first-order valence-electron chi connectivity index (χ1n) is 30.6. The van der Waals surface area contributed by atoms with Crippen LogP contribution in [0.5, 0.6) is 0 Å². The van der Waals surface area contributed by atoms with E-state index in [-0.39, 0.29) is 41.6 Å². The number of rotatable bonds is 12. The summed E-state index contributed by atoms with van der Waals surface area (Å²) in [5.74, 6) is -1.66. The molecule has 85 heavy (non-hydrogen) atoms. The van der Waals surface area contributed by atoms with Gasteiger partial charge in [0.2, 0.25) is 6.29 Å². The normalized spacial score (nSPS) is 56.1. The minimum Gasteiger partial charge on any atom is -0.432 e. The predicted molar refractivity (Wildman–Crippen MR) is 288 cm³/mol. The molecule has 5 aliphatic heterocycles. The Kier molecular flexibility index (Phi) is 18.7. The second-order valence-corrected chi connectivity index (χ2v) is 28.3. The van der Waals surface area contributed by atoms with Gasteiger partial charge in [-0.2, -0.15) is 0 Å². The lowest BCUT2D eigenvalue weighted by atomic mass is 9.33. The Balaban J connectivity index is 0.916. The van der Waals surface area contributed by atoms with Crippen molar-refractivity contribution < 1.29 is 129 Å². The Labute approximate surface area is 494 Å². The van der Waals surface area contributed by atoms with Crippen molar-refractivity contribution in [2.24, 2.45) is 50.7 Å². The number of aliphatic hydroxyl groups excluding tert-OH is 14. The number of hydrogen-bond donors (Lipinski definition) is 15. The number of hydrogen-bond acceptors (Lipinski definition) is 26. The third kappa shape index (κ3) is 10.7. The molecule has 0 aromatic rings. The molecule has 5 aliphatic carbocycles. The zero-order chi connectivity index (χ0) is 62.2. The number of esters is 1. The second-order valence-electron chi connectivity index (χ2n) is 28.3. The molecular formula is C59H96O26. The van der Waals surface area contributed by atoms with E-state index >= 15 is 4.79 Å². The van der Waals surface area contributed by atoms with E-state index in [0.29, 0.717) is 38.5 Å². The quantitative estimate of drug-likeness (QED) is 0.0544. The highest BCUT2D eigenvalue weighted by molar-refractivity contribution is 5.79. The summed E-state index contributed by atoms with van der Waals surface area (Å²) in [6.45, 7) is 15.9. The maximum Gasteiger partial charge on any atom is 0.315 e. The summed E-state index contributed by atoms with van der Waals surface area (Å²) in [5, 5.41) is 164. The molecule has 0 radical (unpaired) electrons. The van der Waals surface area contributed by atoms with Gasteiger partial charge in [0.1, 0.15) is 97.7 Å². The van der Waals surface area contributed by atoms with Crippen LogP contribution in [0.25, 0.3) is 0 Å². The number of fused-ring (bicyclic) bond motifs is 7. The van der Waals surface area contributed by atoms with E-state index < -0.39 is 200 Å². The number of ether oxygens (including phenoxy) is 10. The number of carbonyl (C=O) groups excluding carboxylic acids is 1. The van der Waals surface area contributed by atoms with E-state index in [1.807, 2.05) is 6.92 Å². The topological polar surface area (TPSA) is 413 Å². The fourth-order valence-corrected chi connectivity index (χ4v) is 17.8. The van der Waals surface area contributed by atoms with Crippen LogP contribution in [0.3, 0.4) is 0 Å². The molecule has 26 nitrogen and oxygen atoms in total. The molecule has 0 aromatic heterocycles. The third-order valence-electron chi connectivity index (χ3n) is 23.5. The highest BCUT2D eigenvalue weighted by Gasteiger charge is 2.72. The van der Waals surface area contributed by atoms with Gasteiger partial charge in [0.05, 0.1) is 49.1 Å². The average molecular weight is 1220 g/mol. The standard InChI is InChI=1S/C59H96O26/c1-23-12-17-59(53(74)85-52-45(40(70)36(66)29(21-61)80-52)83-48-41(71)37(67)33(63)24(2)77-48)19-18-56(7)26(47(59)58(23,9)75)10-11-31-55(6)15-14-32(54(4,5)30(55)13-16-57(31,56)8)81-51-46(84-49-42(72)38(68)34(64)25(3)78-49)44(27(62)22-76-51)82-50-43(73)39(69)35(65)28(20-60)79-50/h10,23-25,27-52,60-73,75H,11-22H2,1-9H3/t23-,24+,25+,27+,28-,29-,30+,31-,32+,33+,34+,35-,36-,37-,38-,39+,40+,41-,42-,43-,44+,45-,46-,47-,48+,49+,50+,51+,52+,55+,56-,57-,58-,59+/m1/s1. The smallest absolute Gasteiger partial charge is 0.315 e. The fraction of sp³-hybridized carbons (Fsp3) is 0.949. The Bertz CT molecular complexity index is 2380. The molecule has 0 amide bonds. The second kappa shape index (κ2) is 24.1. The summed E-state index contributed by atoms with van der Waals surface area (Å²) in [4.78, 5) is 15.4. The Hall–Kier alpha value is -1.75. The van der Waals surface area contributed by atoms with Crippen LogP contribution in [0.4, 0.5) is 0 Å².